The Kier molecular flexibility index (Phi) is 9.64. The Bertz CT molecular complexity index is 1430. The zero-order valence-corrected chi connectivity index (χ0v) is 24.7. The lowest BCUT2D eigenvalue weighted by atomic mass is 9.91. The highest BCUT2D eigenvalue weighted by molar-refractivity contribution is 7.92. The van der Waals surface area contributed by atoms with Crippen LogP contribution in [0, 0.1) is 5.92 Å². The number of anilines is 1. The molecule has 0 bridgehead atoms. The summed E-state index contributed by atoms with van der Waals surface area (Å²) in [5, 5.41) is 3.97. The molecule has 4 N–H and O–H groups in total. The van der Waals surface area contributed by atoms with E-state index in [1.54, 1.807) is 6.92 Å². The number of nitrogens with zero attached hydrogens (tertiary/aromatic N) is 1. The fourth-order valence-corrected chi connectivity index (χ4v) is 6.64. The highest BCUT2D eigenvalue weighted by Gasteiger charge is 2.36. The summed E-state index contributed by atoms with van der Waals surface area (Å²) >= 11 is 18.4. The molecular formula is C28H29Cl3N4O4S. The summed E-state index contributed by atoms with van der Waals surface area (Å²) < 4.78 is 28.6. The molecule has 212 valence electrons. The van der Waals surface area contributed by atoms with E-state index in [9.17, 15) is 18.0 Å². The van der Waals surface area contributed by atoms with Gasteiger partial charge in [-0.25, -0.2) is 8.42 Å². The smallest absolute Gasteiger partial charge is 0.252 e. The van der Waals surface area contributed by atoms with Crippen LogP contribution in [-0.2, 0) is 14.8 Å². The second-order valence-corrected chi connectivity index (χ2v) is 12.9. The van der Waals surface area contributed by atoms with Crippen molar-refractivity contribution < 1.29 is 18.0 Å². The number of nitrogens with one attached hydrogen (secondary N) is 2. The lowest BCUT2D eigenvalue weighted by molar-refractivity contribution is -0.119. The maximum Gasteiger partial charge on any atom is 0.252 e. The molecule has 0 radical (unpaired) electrons. The van der Waals surface area contributed by atoms with E-state index in [0.717, 1.165) is 11.1 Å². The van der Waals surface area contributed by atoms with Gasteiger partial charge in [-0.2, -0.15) is 0 Å². The summed E-state index contributed by atoms with van der Waals surface area (Å²) in [6.07, 6.45) is 0.316. The average Bonchev–Trinajstić information content (AvgIpc) is 2.86. The van der Waals surface area contributed by atoms with E-state index in [-0.39, 0.29) is 34.0 Å². The first-order valence-corrected chi connectivity index (χ1v) is 15.4. The topological polar surface area (TPSA) is 122 Å². The van der Waals surface area contributed by atoms with Crippen molar-refractivity contribution in [3.63, 3.8) is 0 Å². The van der Waals surface area contributed by atoms with E-state index < -0.39 is 27.9 Å². The minimum atomic E-state index is -3.76. The van der Waals surface area contributed by atoms with Gasteiger partial charge in [0.1, 0.15) is 6.04 Å². The number of nitrogens with two attached hydrogens (primary N) is 1. The van der Waals surface area contributed by atoms with Crippen LogP contribution in [0.4, 0.5) is 5.69 Å². The van der Waals surface area contributed by atoms with Crippen molar-refractivity contribution in [1.82, 2.24) is 10.2 Å². The summed E-state index contributed by atoms with van der Waals surface area (Å²) in [5.74, 6) is -1.46. The van der Waals surface area contributed by atoms with Crippen molar-refractivity contribution >= 4 is 62.3 Å². The summed E-state index contributed by atoms with van der Waals surface area (Å²) in [5.41, 5.74) is 7.64. The van der Waals surface area contributed by atoms with Gasteiger partial charge in [-0.05, 0) is 60.0 Å². The third-order valence-electron chi connectivity index (χ3n) is 6.67. The Morgan fingerprint density at radius 3 is 1.98 bits per heavy atom. The van der Waals surface area contributed by atoms with Crippen molar-refractivity contribution in [2.75, 3.05) is 23.6 Å². The lowest BCUT2D eigenvalue weighted by Crippen LogP contribution is -2.51. The summed E-state index contributed by atoms with van der Waals surface area (Å²) in [4.78, 5) is 26.3. The number of amides is 2. The number of halogens is 3. The number of rotatable bonds is 11. The molecule has 1 atom stereocenters. The third kappa shape index (κ3) is 7.67. The Hall–Kier alpha value is -2.82. The van der Waals surface area contributed by atoms with Crippen LogP contribution in [0.15, 0.2) is 66.7 Å². The van der Waals surface area contributed by atoms with E-state index in [4.69, 9.17) is 40.5 Å². The van der Waals surface area contributed by atoms with E-state index in [1.165, 1.54) is 18.2 Å². The number of sulfonamides is 1. The second-order valence-electron chi connectivity index (χ2n) is 9.77. The minimum Gasteiger partial charge on any atom is -0.368 e. The number of hydrogen-bond donors (Lipinski definition) is 3. The first kappa shape index (κ1) is 30.1. The molecular weight excluding hydrogens is 595 g/mol. The molecule has 3 aromatic rings. The Labute approximate surface area is 248 Å². The monoisotopic (exact) mass is 622 g/mol. The standard InChI is InChI=1S/C28H29Cl3N4O4S/c1-2-25(27(32)36)33-28(37)20-11-23(31)13-24(12-20)34-40(38,39)16-17-14-35(15-17)26(18-3-7-21(29)8-4-18)19-5-9-22(30)10-6-19/h3-13,17,25-26,34H,2,14-16H2,1H3,(H2,32,36)(H,33,37)/t25-/m0/s1. The van der Waals surface area contributed by atoms with Crippen LogP contribution in [0.2, 0.25) is 15.1 Å². The summed E-state index contributed by atoms with van der Waals surface area (Å²) in [6, 6.07) is 18.4. The van der Waals surface area contributed by atoms with Gasteiger partial charge in [-0.3, -0.25) is 19.2 Å². The molecule has 0 aliphatic carbocycles. The van der Waals surface area contributed by atoms with Gasteiger partial charge in [-0.1, -0.05) is 66.0 Å². The molecule has 2 amide bonds. The van der Waals surface area contributed by atoms with Crippen LogP contribution in [0.1, 0.15) is 40.9 Å². The van der Waals surface area contributed by atoms with Gasteiger partial charge in [0.15, 0.2) is 0 Å². The minimum absolute atomic E-state index is 0.0807. The molecule has 0 spiro atoms. The van der Waals surface area contributed by atoms with E-state index in [0.29, 0.717) is 29.6 Å². The zero-order chi connectivity index (χ0) is 29.0. The summed E-state index contributed by atoms with van der Waals surface area (Å²) in [6.45, 7) is 2.83. The van der Waals surface area contributed by atoms with Crippen LogP contribution >= 0.6 is 34.8 Å². The largest absolute Gasteiger partial charge is 0.368 e. The molecule has 0 unspecified atom stereocenters. The van der Waals surface area contributed by atoms with Crippen molar-refractivity contribution in [3.05, 3.63) is 98.5 Å². The van der Waals surface area contributed by atoms with E-state index in [1.807, 2.05) is 48.5 Å². The Morgan fingerprint density at radius 2 is 1.48 bits per heavy atom. The predicted octanol–water partition coefficient (Wildman–Crippen LogP) is 5.10. The van der Waals surface area contributed by atoms with Crippen LogP contribution in [0.25, 0.3) is 0 Å². The van der Waals surface area contributed by atoms with E-state index >= 15 is 0 Å². The highest BCUT2D eigenvalue weighted by Crippen LogP contribution is 2.36. The maximum absolute atomic E-state index is 13.0. The first-order chi connectivity index (χ1) is 18.9. The van der Waals surface area contributed by atoms with Crippen molar-refractivity contribution in [3.8, 4) is 0 Å². The molecule has 40 heavy (non-hydrogen) atoms. The molecule has 12 heteroatoms. The van der Waals surface area contributed by atoms with Gasteiger partial charge < -0.3 is 11.1 Å². The lowest BCUT2D eigenvalue weighted by Gasteiger charge is -2.44. The maximum atomic E-state index is 13.0. The van der Waals surface area contributed by atoms with Crippen LogP contribution in [0.5, 0.6) is 0 Å². The second kappa shape index (κ2) is 12.8. The molecule has 0 aromatic heterocycles. The van der Waals surface area contributed by atoms with Gasteiger partial charge in [0.05, 0.1) is 17.5 Å². The quantitative estimate of drug-likeness (QED) is 0.274. The van der Waals surface area contributed by atoms with Crippen molar-refractivity contribution in [1.29, 1.82) is 0 Å². The van der Waals surface area contributed by atoms with Crippen molar-refractivity contribution in [2.45, 2.75) is 25.4 Å². The average molecular weight is 624 g/mol. The van der Waals surface area contributed by atoms with Gasteiger partial charge in [0.2, 0.25) is 15.9 Å². The molecule has 1 fully saturated rings. The molecule has 1 aliphatic heterocycles. The third-order valence-corrected chi connectivity index (χ3v) is 8.85. The molecule has 3 aromatic carbocycles. The highest BCUT2D eigenvalue weighted by atomic mass is 35.5. The predicted molar refractivity (Wildman–Crippen MR) is 159 cm³/mol. The number of carbonyl (C=O) groups excluding carboxylic acids is 2. The fourth-order valence-electron chi connectivity index (χ4n) is 4.76. The molecule has 4 rings (SSSR count). The first-order valence-electron chi connectivity index (χ1n) is 12.6. The van der Waals surface area contributed by atoms with Gasteiger partial charge in [0.25, 0.3) is 5.91 Å². The number of hydrogen-bond acceptors (Lipinski definition) is 5. The molecule has 8 nitrogen and oxygen atoms in total. The number of carbonyl (C=O) groups is 2. The van der Waals surface area contributed by atoms with Gasteiger partial charge in [0, 0.05) is 39.6 Å². The van der Waals surface area contributed by atoms with Crippen LogP contribution < -0.4 is 15.8 Å². The van der Waals surface area contributed by atoms with E-state index in [2.05, 4.69) is 14.9 Å². The SMILES string of the molecule is CC[C@H](NC(=O)c1cc(Cl)cc(NS(=O)(=O)CC2CN(C(c3ccc(Cl)cc3)c3ccc(Cl)cc3)C2)c1)C(N)=O. The number of primary amides is 1. The molecule has 1 saturated heterocycles. The molecule has 1 heterocycles. The number of likely N-dealkylation sites (tertiary alicyclic amines) is 1. The summed E-state index contributed by atoms with van der Waals surface area (Å²) in [7, 11) is -3.76. The normalized spacial score (nSPS) is 14.9. The van der Waals surface area contributed by atoms with Gasteiger partial charge in [-0.15, -0.1) is 0 Å². The van der Waals surface area contributed by atoms with Crippen LogP contribution in [-0.4, -0.2) is 50.0 Å². The van der Waals surface area contributed by atoms with Crippen LogP contribution in [0.3, 0.4) is 0 Å². The molecule has 0 saturated carbocycles. The fraction of sp³-hybridized carbons (Fsp3) is 0.286. The van der Waals surface area contributed by atoms with Gasteiger partial charge >= 0.3 is 0 Å². The number of benzene rings is 3. The molecule has 1 aliphatic rings. The Morgan fingerprint density at radius 1 is 0.925 bits per heavy atom. The van der Waals surface area contributed by atoms with Crippen molar-refractivity contribution in [2.24, 2.45) is 11.7 Å². The zero-order valence-electron chi connectivity index (χ0n) is 21.6. The Balaban J connectivity index is 1.43.